The summed E-state index contributed by atoms with van der Waals surface area (Å²) in [4.78, 5) is 17.2. The van der Waals surface area contributed by atoms with Gasteiger partial charge in [0.25, 0.3) is 5.91 Å². The van der Waals surface area contributed by atoms with Crippen LogP contribution in [0.3, 0.4) is 0 Å². The fourth-order valence-corrected chi connectivity index (χ4v) is 5.23. The number of methoxy groups -OCH3 is 1. The van der Waals surface area contributed by atoms with Crippen LogP contribution in [-0.4, -0.2) is 24.8 Å². The average Bonchev–Trinajstić information content (AvgIpc) is 3.36. The molecule has 4 heterocycles. The van der Waals surface area contributed by atoms with Crippen molar-refractivity contribution < 1.29 is 23.6 Å². The minimum absolute atomic E-state index is 0.253. The van der Waals surface area contributed by atoms with E-state index in [4.69, 9.17) is 14.2 Å². The Bertz CT molecular complexity index is 1660. The maximum atomic E-state index is 13.0. The lowest BCUT2D eigenvalue weighted by atomic mass is 9.92. The standard InChI is InChI=1S/C27H19N3O4/c1-32-21-8-7-16-17-5-6-18-23-15(12-22-26(18)34-14-33-22)9-11-30(25(17)23)13-19(16)24(21)29-27(31)20-4-2-3-10-28-20/h2-8,10,12-13H,9,11,14H2,1H3/p+1. The Morgan fingerprint density at radius 2 is 1.94 bits per heavy atom. The van der Waals surface area contributed by atoms with E-state index in [1.807, 2.05) is 6.07 Å². The summed E-state index contributed by atoms with van der Waals surface area (Å²) in [6.07, 6.45) is 4.60. The van der Waals surface area contributed by atoms with Gasteiger partial charge in [0.05, 0.1) is 29.0 Å². The second kappa shape index (κ2) is 7.05. The number of ether oxygens (including phenoxy) is 3. The van der Waals surface area contributed by atoms with Gasteiger partial charge in [-0.2, -0.15) is 4.57 Å². The predicted octanol–water partition coefficient (Wildman–Crippen LogP) is 4.37. The molecule has 0 saturated carbocycles. The molecule has 7 rings (SSSR count). The molecule has 166 valence electrons. The van der Waals surface area contributed by atoms with E-state index in [-0.39, 0.29) is 12.7 Å². The first kappa shape index (κ1) is 19.1. The number of aromatic nitrogens is 2. The number of carbonyl (C=O) groups is 1. The van der Waals surface area contributed by atoms with Crippen LogP contribution in [0.25, 0.3) is 32.4 Å². The number of nitrogens with one attached hydrogen (secondary N) is 1. The van der Waals surface area contributed by atoms with Gasteiger partial charge in [0, 0.05) is 23.4 Å². The molecule has 7 heteroatoms. The number of fused-ring (bicyclic) bond motifs is 4. The minimum atomic E-state index is -0.279. The lowest BCUT2D eigenvalue weighted by molar-refractivity contribution is -0.670. The topological polar surface area (TPSA) is 73.6 Å². The summed E-state index contributed by atoms with van der Waals surface area (Å²) < 4.78 is 19.4. The molecule has 1 N–H and O–H groups in total. The third kappa shape index (κ3) is 2.61. The summed E-state index contributed by atoms with van der Waals surface area (Å²) in [6.45, 7) is 1.08. The van der Waals surface area contributed by atoms with Crippen molar-refractivity contribution in [2.45, 2.75) is 13.0 Å². The van der Waals surface area contributed by atoms with Gasteiger partial charge in [-0.15, -0.1) is 0 Å². The molecule has 0 unspecified atom stereocenters. The number of rotatable bonds is 3. The van der Waals surface area contributed by atoms with Crippen molar-refractivity contribution in [1.82, 2.24) is 4.98 Å². The molecule has 2 aromatic heterocycles. The summed E-state index contributed by atoms with van der Waals surface area (Å²) in [5.74, 6) is 1.95. The maximum absolute atomic E-state index is 13.0. The lowest BCUT2D eigenvalue weighted by Gasteiger charge is -2.18. The summed E-state index contributed by atoms with van der Waals surface area (Å²) in [5.41, 5.74) is 3.42. The van der Waals surface area contributed by atoms with Crippen LogP contribution in [0.15, 0.2) is 60.9 Å². The van der Waals surface area contributed by atoms with Crippen LogP contribution in [0, 0.1) is 0 Å². The van der Waals surface area contributed by atoms with E-state index in [1.54, 1.807) is 31.5 Å². The smallest absolute Gasteiger partial charge is 0.274 e. The molecule has 0 bridgehead atoms. The van der Waals surface area contributed by atoms with E-state index >= 15 is 0 Å². The highest BCUT2D eigenvalue weighted by molar-refractivity contribution is 6.19. The Hall–Kier alpha value is -4.39. The molecule has 0 saturated heterocycles. The van der Waals surface area contributed by atoms with E-state index in [1.165, 1.54) is 10.9 Å². The number of pyridine rings is 2. The molecule has 7 nitrogen and oxygen atoms in total. The fourth-order valence-electron chi connectivity index (χ4n) is 5.23. The number of benzene rings is 3. The number of hydrogen-bond acceptors (Lipinski definition) is 5. The van der Waals surface area contributed by atoms with Gasteiger partial charge in [-0.05, 0) is 48.0 Å². The van der Waals surface area contributed by atoms with E-state index in [9.17, 15) is 4.79 Å². The zero-order chi connectivity index (χ0) is 22.8. The second-order valence-corrected chi connectivity index (χ2v) is 8.50. The maximum Gasteiger partial charge on any atom is 0.274 e. The van der Waals surface area contributed by atoms with Gasteiger partial charge in [0.2, 0.25) is 12.3 Å². The van der Waals surface area contributed by atoms with E-state index in [0.29, 0.717) is 17.1 Å². The van der Waals surface area contributed by atoms with Crippen LogP contribution in [0.4, 0.5) is 5.69 Å². The Balaban J connectivity index is 1.51. The van der Waals surface area contributed by atoms with E-state index < -0.39 is 0 Å². The summed E-state index contributed by atoms with van der Waals surface area (Å²) in [5, 5.41) is 8.38. The van der Waals surface area contributed by atoms with Crippen molar-refractivity contribution in [3.05, 3.63) is 72.2 Å². The zero-order valence-electron chi connectivity index (χ0n) is 18.4. The molecular weight excluding hydrogens is 430 g/mol. The molecule has 0 atom stereocenters. The minimum Gasteiger partial charge on any atom is -0.495 e. The Morgan fingerprint density at radius 3 is 2.79 bits per heavy atom. The molecule has 34 heavy (non-hydrogen) atoms. The first-order valence-electron chi connectivity index (χ1n) is 11.2. The van der Waals surface area contributed by atoms with Crippen molar-refractivity contribution in [3.63, 3.8) is 0 Å². The number of hydrogen-bond donors (Lipinski definition) is 1. The SMILES string of the molecule is COc1ccc2c(c[n+]3c4c2ccc2c5c(cc(c24)CC3)OCO5)c1NC(=O)c1ccccn1. The van der Waals surface area contributed by atoms with E-state index in [0.717, 1.165) is 51.5 Å². The molecule has 2 aliphatic rings. The zero-order valence-corrected chi connectivity index (χ0v) is 18.4. The number of nitrogens with zero attached hydrogens (tertiary/aromatic N) is 2. The molecule has 0 radical (unpaired) electrons. The molecule has 2 aliphatic heterocycles. The highest BCUT2D eigenvalue weighted by Crippen LogP contribution is 2.45. The van der Waals surface area contributed by atoms with Crippen molar-refractivity contribution in [2.24, 2.45) is 0 Å². The summed E-state index contributed by atoms with van der Waals surface area (Å²) in [6, 6.07) is 15.6. The van der Waals surface area contributed by atoms with Crippen LogP contribution in [-0.2, 0) is 13.0 Å². The molecule has 1 amide bonds. The predicted molar refractivity (Wildman–Crippen MR) is 128 cm³/mol. The van der Waals surface area contributed by atoms with Gasteiger partial charge in [-0.25, -0.2) is 0 Å². The summed E-state index contributed by atoms with van der Waals surface area (Å²) >= 11 is 0. The first-order chi connectivity index (χ1) is 16.7. The van der Waals surface area contributed by atoms with Crippen molar-refractivity contribution >= 4 is 44.0 Å². The van der Waals surface area contributed by atoms with Gasteiger partial charge >= 0.3 is 0 Å². The van der Waals surface area contributed by atoms with Gasteiger partial charge in [0.1, 0.15) is 11.4 Å². The number of aryl methyl sites for hydroxylation is 2. The van der Waals surface area contributed by atoms with Gasteiger partial charge in [-0.3, -0.25) is 9.78 Å². The second-order valence-electron chi connectivity index (χ2n) is 8.50. The molecule has 3 aromatic carbocycles. The van der Waals surface area contributed by atoms with Gasteiger partial charge < -0.3 is 19.5 Å². The van der Waals surface area contributed by atoms with Crippen molar-refractivity contribution in [2.75, 3.05) is 19.2 Å². The van der Waals surface area contributed by atoms with Crippen LogP contribution in [0.5, 0.6) is 17.2 Å². The van der Waals surface area contributed by atoms with Crippen LogP contribution in [0.1, 0.15) is 16.1 Å². The van der Waals surface area contributed by atoms with Gasteiger partial charge in [0.15, 0.2) is 24.2 Å². The van der Waals surface area contributed by atoms with Crippen LogP contribution in [0.2, 0.25) is 0 Å². The van der Waals surface area contributed by atoms with Crippen LogP contribution >= 0.6 is 0 Å². The Labute approximate surface area is 194 Å². The highest BCUT2D eigenvalue weighted by atomic mass is 16.7. The quantitative estimate of drug-likeness (QED) is 0.326. The third-order valence-electron chi connectivity index (χ3n) is 6.74. The van der Waals surface area contributed by atoms with Gasteiger partial charge in [-0.1, -0.05) is 6.07 Å². The molecule has 5 aromatic rings. The van der Waals surface area contributed by atoms with Crippen molar-refractivity contribution in [1.29, 1.82) is 0 Å². The molecular formula is C27H20N3O4+. The largest absolute Gasteiger partial charge is 0.495 e. The highest BCUT2D eigenvalue weighted by Gasteiger charge is 2.30. The first-order valence-corrected chi connectivity index (χ1v) is 11.2. The Morgan fingerprint density at radius 1 is 1.06 bits per heavy atom. The fraction of sp³-hybridized carbons (Fsp3) is 0.148. The average molecular weight is 450 g/mol. The number of anilines is 1. The normalized spacial score (nSPS) is 13.7. The van der Waals surface area contributed by atoms with Crippen LogP contribution < -0.4 is 24.1 Å². The monoisotopic (exact) mass is 450 g/mol. The van der Waals surface area contributed by atoms with Crippen molar-refractivity contribution in [3.8, 4) is 17.2 Å². The number of carbonyl (C=O) groups excluding carboxylic acids is 1. The molecule has 0 fully saturated rings. The van der Waals surface area contributed by atoms with E-state index in [2.05, 4.69) is 45.3 Å². The lowest BCUT2D eigenvalue weighted by Crippen LogP contribution is -2.38. The molecule has 0 spiro atoms. The third-order valence-corrected chi connectivity index (χ3v) is 6.74. The summed E-state index contributed by atoms with van der Waals surface area (Å²) in [7, 11) is 1.61. The number of amides is 1. The molecule has 0 aliphatic carbocycles. The Kier molecular flexibility index (Phi) is 3.96.